The van der Waals surface area contributed by atoms with Crippen molar-refractivity contribution in [3.63, 3.8) is 0 Å². The Labute approximate surface area is 272 Å². The number of carbonyl (C=O) groups is 3. The summed E-state index contributed by atoms with van der Waals surface area (Å²) in [4.78, 5) is 47.6. The van der Waals surface area contributed by atoms with Gasteiger partial charge in [0, 0.05) is 32.6 Å². The summed E-state index contributed by atoms with van der Waals surface area (Å²) in [5.74, 6) is -0.694. The topological polar surface area (TPSA) is 283 Å². The van der Waals surface area contributed by atoms with Crippen LogP contribution >= 0.6 is 0 Å². The third-order valence-electron chi connectivity index (χ3n) is 8.05. The molecule has 2 heterocycles. The maximum Gasteiger partial charge on any atom is 0.220 e. The van der Waals surface area contributed by atoms with E-state index in [0.717, 1.165) is 0 Å². The molecule has 2 aliphatic rings. The first-order chi connectivity index (χ1) is 22.4. The average Bonchev–Trinajstić information content (AvgIpc) is 3.04. The van der Waals surface area contributed by atoms with Crippen LogP contribution in [0.3, 0.4) is 0 Å². The van der Waals surface area contributed by atoms with Crippen LogP contribution in [-0.4, -0.2) is 154 Å². The number of nitrogens with one attached hydrogen (secondary N) is 2. The van der Waals surface area contributed by atoms with Gasteiger partial charge in [-0.2, -0.15) is 4.91 Å². The number of nitrogens with zero attached hydrogens (tertiary/aromatic N) is 1. The van der Waals surface area contributed by atoms with E-state index in [1.807, 2.05) is 0 Å². The summed E-state index contributed by atoms with van der Waals surface area (Å²) in [7, 11) is 0. The van der Waals surface area contributed by atoms with E-state index >= 15 is 0 Å². The molecule has 18 heteroatoms. The Morgan fingerprint density at radius 1 is 0.723 bits per heavy atom. The normalized spacial score (nSPS) is 31.6. The molecule has 2 amide bonds. The number of hydrogen-bond acceptors (Lipinski definition) is 16. The zero-order valence-electron chi connectivity index (χ0n) is 26.6. The summed E-state index contributed by atoms with van der Waals surface area (Å²) in [6.07, 6.45) is -8.53. The Balaban J connectivity index is 1.54. The molecule has 2 saturated heterocycles. The third-order valence-corrected chi connectivity index (χ3v) is 8.05. The van der Waals surface area contributed by atoms with Crippen molar-refractivity contribution in [2.75, 3.05) is 33.0 Å². The molecule has 11 unspecified atom stereocenters. The molecule has 0 radical (unpaired) electrons. The average molecular weight is 682 g/mol. The number of nitroso groups, excluding NO2 is 1. The Bertz CT molecular complexity index is 960. The van der Waals surface area contributed by atoms with Gasteiger partial charge in [0.25, 0.3) is 0 Å². The standard InChI is InChI=1S/C29H51N3O15/c1-16(35)17(31-21(37)10-4-7-12-44-28-22(32-43)25(40)23(38)18(14-33)46-28)8-2-5-11-30-20(36)9-3-6-13-45-29-27(42)26(41)24(39)19(15-34)47-29/h17-19,22-29,33-34,38-42H,2-15H2,1H3,(H,30,36)(H,31,37). The largest absolute Gasteiger partial charge is 0.394 e. The smallest absolute Gasteiger partial charge is 0.220 e. The van der Waals surface area contributed by atoms with Crippen LogP contribution < -0.4 is 10.6 Å². The third kappa shape index (κ3) is 13.3. The summed E-state index contributed by atoms with van der Waals surface area (Å²) in [6.45, 7) is 0.812. The quantitative estimate of drug-likeness (QED) is 0.0409. The number of hydrogen-bond donors (Lipinski definition) is 9. The van der Waals surface area contributed by atoms with Crippen molar-refractivity contribution < 1.29 is 69.1 Å². The van der Waals surface area contributed by atoms with E-state index in [-0.39, 0.29) is 43.7 Å². The molecular weight excluding hydrogens is 630 g/mol. The highest BCUT2D eigenvalue weighted by molar-refractivity contribution is 5.87. The van der Waals surface area contributed by atoms with Crippen molar-refractivity contribution in [2.45, 2.75) is 132 Å². The number of unbranched alkanes of at least 4 members (excludes halogenated alkanes) is 3. The highest BCUT2D eigenvalue weighted by Gasteiger charge is 2.46. The number of aliphatic hydroxyl groups is 7. The van der Waals surface area contributed by atoms with Gasteiger partial charge in [-0.05, 0) is 51.9 Å². The zero-order chi connectivity index (χ0) is 34.9. The van der Waals surface area contributed by atoms with Crippen LogP contribution in [0.1, 0.15) is 64.7 Å². The molecule has 272 valence electrons. The monoisotopic (exact) mass is 681 g/mol. The number of ether oxygens (including phenoxy) is 4. The lowest BCUT2D eigenvalue weighted by Crippen LogP contribution is -2.59. The summed E-state index contributed by atoms with van der Waals surface area (Å²) in [5.41, 5.74) is 0. The molecule has 0 bridgehead atoms. The Morgan fingerprint density at radius 3 is 1.85 bits per heavy atom. The molecule has 47 heavy (non-hydrogen) atoms. The Hall–Kier alpha value is -2.23. The second-order valence-corrected chi connectivity index (χ2v) is 11.7. The molecule has 0 aromatic carbocycles. The van der Waals surface area contributed by atoms with Crippen molar-refractivity contribution >= 4 is 17.6 Å². The number of ketones is 1. The minimum absolute atomic E-state index is 0.0582. The molecule has 2 aliphatic heterocycles. The molecule has 9 N–H and O–H groups in total. The fourth-order valence-electron chi connectivity index (χ4n) is 5.13. The van der Waals surface area contributed by atoms with Crippen LogP contribution in [0.2, 0.25) is 0 Å². The van der Waals surface area contributed by atoms with E-state index in [0.29, 0.717) is 51.5 Å². The summed E-state index contributed by atoms with van der Waals surface area (Å²) in [5, 5.41) is 76.1. The molecule has 2 fully saturated rings. The molecule has 0 aromatic rings. The molecule has 0 spiro atoms. The first-order valence-electron chi connectivity index (χ1n) is 16.0. The highest BCUT2D eigenvalue weighted by atomic mass is 16.7. The summed E-state index contributed by atoms with van der Waals surface area (Å²) >= 11 is 0. The zero-order valence-corrected chi connectivity index (χ0v) is 26.6. The van der Waals surface area contributed by atoms with E-state index in [1.165, 1.54) is 6.92 Å². The molecule has 18 nitrogen and oxygen atoms in total. The van der Waals surface area contributed by atoms with Gasteiger partial charge in [0.05, 0.1) is 19.3 Å². The first-order valence-corrected chi connectivity index (χ1v) is 16.0. The SMILES string of the molecule is CC(=O)C(CCCCNC(=O)CCCCOC1OC(CO)C(O)C(O)C1O)NC(=O)CCCCOC1OC(CO)C(O)C(O)C1N=O. The summed E-state index contributed by atoms with van der Waals surface area (Å²) in [6, 6.07) is -2.04. The maximum absolute atomic E-state index is 12.4. The lowest BCUT2D eigenvalue weighted by molar-refractivity contribution is -0.301. The van der Waals surface area contributed by atoms with Crippen molar-refractivity contribution in [3.05, 3.63) is 4.91 Å². The van der Waals surface area contributed by atoms with Gasteiger partial charge >= 0.3 is 0 Å². The molecule has 2 rings (SSSR count). The van der Waals surface area contributed by atoms with Gasteiger partial charge in [0.2, 0.25) is 11.8 Å². The van der Waals surface area contributed by atoms with E-state index in [9.17, 15) is 55.0 Å². The first kappa shape index (κ1) is 40.9. The van der Waals surface area contributed by atoms with Crippen LogP contribution in [0.25, 0.3) is 0 Å². The predicted molar refractivity (Wildman–Crippen MR) is 160 cm³/mol. The van der Waals surface area contributed by atoms with Crippen molar-refractivity contribution in [2.24, 2.45) is 5.18 Å². The fraction of sp³-hybridized carbons (Fsp3) is 0.897. The molecule has 0 aromatic heterocycles. The van der Waals surface area contributed by atoms with Crippen LogP contribution in [0, 0.1) is 4.91 Å². The molecular formula is C29H51N3O15. The summed E-state index contributed by atoms with van der Waals surface area (Å²) < 4.78 is 21.4. The molecule has 0 aliphatic carbocycles. The van der Waals surface area contributed by atoms with Gasteiger partial charge in [-0.1, -0.05) is 5.18 Å². The van der Waals surface area contributed by atoms with Gasteiger partial charge in [0.1, 0.15) is 42.7 Å². The number of rotatable bonds is 22. The van der Waals surface area contributed by atoms with Gasteiger partial charge in [0.15, 0.2) is 24.4 Å². The van der Waals surface area contributed by atoms with E-state index in [2.05, 4.69) is 15.8 Å². The molecule has 0 saturated carbocycles. The van der Waals surface area contributed by atoms with Crippen molar-refractivity contribution in [1.82, 2.24) is 10.6 Å². The number of carbonyl (C=O) groups excluding carboxylic acids is 3. The second kappa shape index (κ2) is 21.7. The number of Topliss-reactive ketones (excluding diaryl/α,β-unsaturated/α-hetero) is 1. The van der Waals surface area contributed by atoms with Gasteiger partial charge in [-0.3, -0.25) is 14.4 Å². The Morgan fingerprint density at radius 2 is 1.28 bits per heavy atom. The fourth-order valence-corrected chi connectivity index (χ4v) is 5.13. The number of aliphatic hydroxyl groups excluding tert-OH is 7. The van der Waals surface area contributed by atoms with Gasteiger partial charge < -0.3 is 65.3 Å². The second-order valence-electron chi connectivity index (χ2n) is 11.7. The highest BCUT2D eigenvalue weighted by Crippen LogP contribution is 2.25. The van der Waals surface area contributed by atoms with E-state index in [1.54, 1.807) is 0 Å². The van der Waals surface area contributed by atoms with Gasteiger partial charge in [-0.25, -0.2) is 0 Å². The van der Waals surface area contributed by atoms with Crippen molar-refractivity contribution in [1.29, 1.82) is 0 Å². The number of amides is 2. The minimum Gasteiger partial charge on any atom is -0.394 e. The van der Waals surface area contributed by atoms with E-state index in [4.69, 9.17) is 18.9 Å². The van der Waals surface area contributed by atoms with E-state index < -0.39 is 80.6 Å². The van der Waals surface area contributed by atoms with Gasteiger partial charge in [-0.15, -0.1) is 0 Å². The van der Waals surface area contributed by atoms with Crippen molar-refractivity contribution in [3.8, 4) is 0 Å². The lowest BCUT2D eigenvalue weighted by atomic mass is 9.98. The molecule has 11 atom stereocenters. The van der Waals surface area contributed by atoms with Crippen LogP contribution in [0.5, 0.6) is 0 Å². The van der Waals surface area contributed by atoms with Crippen LogP contribution in [0.4, 0.5) is 0 Å². The van der Waals surface area contributed by atoms with Crippen LogP contribution in [0.15, 0.2) is 5.18 Å². The predicted octanol–water partition coefficient (Wildman–Crippen LogP) is -2.91. The maximum atomic E-state index is 12.4. The lowest BCUT2D eigenvalue weighted by Gasteiger charge is -2.39. The Kier molecular flexibility index (Phi) is 18.9. The van der Waals surface area contributed by atoms with Crippen LogP contribution in [-0.2, 0) is 33.3 Å². The minimum atomic E-state index is -1.55.